The number of guanidine groups is 1. The fourth-order valence-electron chi connectivity index (χ4n) is 11.7. The van der Waals surface area contributed by atoms with E-state index in [0.717, 1.165) is 0 Å². The van der Waals surface area contributed by atoms with E-state index in [1.54, 1.807) is 74.8 Å². The molecule has 2 aliphatic rings. The van der Waals surface area contributed by atoms with E-state index in [1.165, 1.54) is 41.7 Å². The highest BCUT2D eigenvalue weighted by atomic mass is 16.3. The Morgan fingerprint density at radius 3 is 1.76 bits per heavy atom. The van der Waals surface area contributed by atoms with Crippen LogP contribution in [0.25, 0.3) is 21.8 Å². The lowest BCUT2D eigenvalue weighted by Crippen LogP contribution is -2.72. The standard InChI is InChI=1S/C64H84N20O13/c1-34(2)23-46(56(90)75-45(13-7-21-69-64(65)66)63(97)84-22-8-14-52(84)62(96)72-31-54(88)82-83-67)76-58(92)48(25-36-28-70-42-11-5-3-9-40(36)42)78-57(91)47(24-35-15-17-39(86)18-16-35)77-61(95)51(32-85)81-59(93)49(26-37-29-71-43-12-6-4-10-41(37)43)79-60(94)50(27-38-30-68-33-73-38)80-55(89)44-19-20-53(87)74-44/h3-6,9-12,15-18,28-30,33-34,44-52,70-71,83,85-86H,7-8,13-14,19-27,31-32,67H2,1-2H3,(H,68,73)(H,72,96)(H,74,87)(H,75,90)(H,76,92)(H,77,95)(H,78,91)(H,79,94)(H,80,89)(H,81,93)(H,82,88)(H4,65,66,69)/p+1/t44-,45-,46-,47-,48-,49-,50-,51-,52-/m0/s1. The highest BCUT2D eigenvalue weighted by Crippen LogP contribution is 2.24. The monoisotopic (exact) mass is 1340 g/mol. The second kappa shape index (κ2) is 34.5. The number of H-pyrrole nitrogens is 3. The first-order chi connectivity index (χ1) is 46.6. The molecule has 518 valence electrons. The minimum atomic E-state index is -1.80. The Morgan fingerprint density at radius 1 is 0.670 bits per heavy atom. The van der Waals surface area contributed by atoms with E-state index in [0.29, 0.717) is 50.6 Å². The van der Waals surface area contributed by atoms with Crippen molar-refractivity contribution in [2.24, 2.45) is 22.4 Å². The van der Waals surface area contributed by atoms with Crippen LogP contribution >= 0.6 is 0 Å². The number of aromatic hydroxyl groups is 1. The van der Waals surface area contributed by atoms with Crippen molar-refractivity contribution >= 4 is 92.7 Å². The Morgan fingerprint density at radius 2 is 1.22 bits per heavy atom. The fourth-order valence-corrected chi connectivity index (χ4v) is 11.7. The zero-order valence-corrected chi connectivity index (χ0v) is 53.7. The molecular weight excluding hydrogens is 1260 g/mol. The lowest BCUT2D eigenvalue weighted by atomic mass is 9.99. The number of aliphatic hydroxyl groups is 1. The van der Waals surface area contributed by atoms with Crippen LogP contribution in [0.5, 0.6) is 5.75 Å². The minimum absolute atomic E-state index is 0.0127. The number of fused-ring (bicyclic) bond motifs is 2. The van der Waals surface area contributed by atoms with Crippen molar-refractivity contribution in [1.82, 2.24) is 83.6 Å². The van der Waals surface area contributed by atoms with Crippen LogP contribution in [0.3, 0.4) is 0 Å². The second-order valence-electron chi connectivity index (χ2n) is 24.3. The molecule has 8 rings (SSSR count). The van der Waals surface area contributed by atoms with Gasteiger partial charge in [0.1, 0.15) is 60.1 Å². The molecule has 5 heterocycles. The van der Waals surface area contributed by atoms with Crippen LogP contribution < -0.4 is 76.1 Å². The summed E-state index contributed by atoms with van der Waals surface area (Å²) in [5.74, 6) is -5.53. The van der Waals surface area contributed by atoms with Gasteiger partial charge in [0.25, 0.3) is 5.91 Å². The third-order valence-electron chi connectivity index (χ3n) is 16.6. The molecule has 11 amide bonds. The van der Waals surface area contributed by atoms with Gasteiger partial charge in [0.15, 0.2) is 5.96 Å². The van der Waals surface area contributed by atoms with Gasteiger partial charge >= 0.3 is 0 Å². The van der Waals surface area contributed by atoms with Crippen LogP contribution in [0.15, 0.2) is 103 Å². The maximum absolute atomic E-state index is 15.1. The number of phenolic OH excluding ortho intramolecular Hbond substituents is 1. The number of nitrogens with two attached hydrogens (primary N) is 2. The molecule has 0 radical (unpaired) electrons. The maximum Gasteiger partial charge on any atom is 0.257 e. The van der Waals surface area contributed by atoms with E-state index >= 15 is 9.59 Å². The number of hydrogen-bond acceptors (Lipinski definition) is 16. The molecular formula is C64H85N20O13+. The summed E-state index contributed by atoms with van der Waals surface area (Å²) in [5, 5.41) is 46.6. The first-order valence-electron chi connectivity index (χ1n) is 31.9. The predicted octanol–water partition coefficient (Wildman–Crippen LogP) is -4.00. The molecule has 2 fully saturated rings. The molecule has 0 saturated carbocycles. The van der Waals surface area contributed by atoms with Crippen LogP contribution in [0.4, 0.5) is 0 Å². The molecule has 3 aromatic carbocycles. The number of nitrogens with zero attached hydrogens (tertiary/aromatic N) is 3. The Labute approximate surface area is 556 Å². The first kappa shape index (κ1) is 71.9. The fraction of sp³-hybridized carbons (Fsp3) is 0.422. The summed E-state index contributed by atoms with van der Waals surface area (Å²) in [6.45, 7) is 2.36. The summed E-state index contributed by atoms with van der Waals surface area (Å²) in [5.41, 5.74) is 19.0. The van der Waals surface area contributed by atoms with Gasteiger partial charge in [-0.25, -0.2) is 10.4 Å². The van der Waals surface area contributed by atoms with Crippen LogP contribution in [0.2, 0.25) is 0 Å². The third-order valence-corrected chi connectivity index (χ3v) is 16.6. The molecule has 2 saturated heterocycles. The number of aromatic nitrogens is 4. The average molecular weight is 1340 g/mol. The summed E-state index contributed by atoms with van der Waals surface area (Å²) in [7, 11) is 0. The molecule has 0 spiro atoms. The van der Waals surface area contributed by atoms with E-state index in [1.807, 2.05) is 0 Å². The number of carbonyl (C=O) groups is 11. The lowest BCUT2D eigenvalue weighted by molar-refractivity contribution is -0.453. The molecule has 33 nitrogen and oxygen atoms in total. The number of carbonyl (C=O) groups excluding carboxylic acids is 11. The number of imidazole rings is 1. The number of nitrogens with one attached hydrogen (secondary N) is 14. The van der Waals surface area contributed by atoms with Crippen LogP contribution in [-0.4, -0.2) is 187 Å². The Kier molecular flexibility index (Phi) is 25.6. The normalized spacial score (nSPS) is 16.5. The molecule has 33 heteroatoms. The number of rotatable bonds is 34. The molecule has 9 atom stereocenters. The topological polar surface area (TPSA) is 516 Å². The zero-order valence-electron chi connectivity index (χ0n) is 53.7. The molecule has 6 aromatic rings. The summed E-state index contributed by atoms with van der Waals surface area (Å²) in [6.07, 6.45) is 6.49. The molecule has 23 N–H and O–H groups in total. The van der Waals surface area contributed by atoms with Crippen LogP contribution in [-0.2, 0) is 78.4 Å². The zero-order chi connectivity index (χ0) is 69.7. The Hall–Kier alpha value is -10.9. The number of aliphatic hydroxyl groups excluding tert-OH is 1. The smallest absolute Gasteiger partial charge is 0.257 e. The van der Waals surface area contributed by atoms with Gasteiger partial charge in [0.2, 0.25) is 59.1 Å². The van der Waals surface area contributed by atoms with Crippen molar-refractivity contribution in [1.29, 1.82) is 0 Å². The summed E-state index contributed by atoms with van der Waals surface area (Å²) < 4.78 is 0. The quantitative estimate of drug-likeness (QED) is 0.00792. The number of amides is 11. The molecule has 0 unspecified atom stereocenters. The van der Waals surface area contributed by atoms with Gasteiger partial charge < -0.3 is 89.4 Å². The summed E-state index contributed by atoms with van der Waals surface area (Å²) >= 11 is 0. The van der Waals surface area contributed by atoms with Crippen molar-refractivity contribution in [3.05, 3.63) is 120 Å². The number of aromatic amines is 3. The maximum atomic E-state index is 15.1. The minimum Gasteiger partial charge on any atom is -0.508 e. The van der Waals surface area contributed by atoms with Gasteiger partial charge in [0.05, 0.1) is 19.5 Å². The molecule has 2 aliphatic heterocycles. The van der Waals surface area contributed by atoms with Gasteiger partial charge in [-0.15, -0.1) is 0 Å². The average Bonchev–Trinajstić information content (AvgIpc) is 1.73. The van der Waals surface area contributed by atoms with E-state index in [2.05, 4.69) is 89.6 Å². The lowest BCUT2D eigenvalue weighted by Gasteiger charge is -2.30. The molecule has 97 heavy (non-hydrogen) atoms. The van der Waals surface area contributed by atoms with Gasteiger partial charge in [0, 0.05) is 91.3 Å². The van der Waals surface area contributed by atoms with Crippen LogP contribution in [0.1, 0.15) is 81.2 Å². The highest BCUT2D eigenvalue weighted by molar-refractivity contribution is 6.00. The van der Waals surface area contributed by atoms with Crippen LogP contribution in [0, 0.1) is 5.92 Å². The van der Waals surface area contributed by atoms with Crippen molar-refractivity contribution in [3.8, 4) is 5.75 Å². The number of likely N-dealkylation sites (tertiary alicyclic amines) is 1. The van der Waals surface area contributed by atoms with Gasteiger partial charge in [-0.1, -0.05) is 67.9 Å². The number of aliphatic imine (C=N–C) groups is 1. The Balaban J connectivity index is 1.05. The SMILES string of the molecule is CC(C)C[C@H](NC(=O)[C@H](Cc1c[nH]c2ccccc12)NC(=O)[C@H](Cc1ccc(O)cc1)NC(=O)[C@H](CO)NC(=O)[C@H](Cc1c[nH]c2ccccc12)NC(=O)[C@H](Cc1cnc[nH]1)NC(=O)[C@@H]1CCC(=O)N1)C(=O)N[C@@H](CCCN=C(N)N)C(=O)N1CCC[C@H]1C(=O)NCC(=O)NN[NH3+]. The van der Waals surface area contributed by atoms with Gasteiger partial charge in [-0.05, 0) is 85.4 Å². The number of para-hydroxylation sites is 2. The Bertz CT molecular complexity index is 3790. The van der Waals surface area contributed by atoms with E-state index in [4.69, 9.17) is 11.5 Å². The largest absolute Gasteiger partial charge is 0.508 e. The van der Waals surface area contributed by atoms with Crippen molar-refractivity contribution in [2.45, 2.75) is 139 Å². The third kappa shape index (κ3) is 20.3. The summed E-state index contributed by atoms with van der Waals surface area (Å²) in [4.78, 5) is 173. The van der Waals surface area contributed by atoms with Crippen molar-refractivity contribution < 1.29 is 68.8 Å². The molecule has 0 aliphatic carbocycles. The summed E-state index contributed by atoms with van der Waals surface area (Å²) in [6, 6.07) is 7.75. The number of phenols is 1. The number of hydrazine groups is 1. The van der Waals surface area contributed by atoms with E-state index in [9.17, 15) is 53.4 Å². The highest BCUT2D eigenvalue weighted by Gasteiger charge is 2.40. The number of quaternary nitrogens is 1. The van der Waals surface area contributed by atoms with Gasteiger partial charge in [-0.2, -0.15) is 0 Å². The number of benzene rings is 3. The van der Waals surface area contributed by atoms with E-state index in [-0.39, 0.29) is 101 Å². The second-order valence-corrected chi connectivity index (χ2v) is 24.3. The van der Waals surface area contributed by atoms with Crippen molar-refractivity contribution in [3.63, 3.8) is 0 Å². The van der Waals surface area contributed by atoms with Crippen molar-refractivity contribution in [2.75, 3.05) is 26.2 Å². The van der Waals surface area contributed by atoms with E-state index < -0.39 is 127 Å². The first-order valence-corrected chi connectivity index (χ1v) is 31.9. The molecule has 3 aromatic heterocycles. The van der Waals surface area contributed by atoms with Gasteiger partial charge in [-0.3, -0.25) is 63.6 Å². The predicted molar refractivity (Wildman–Crippen MR) is 351 cm³/mol. The number of hydrogen-bond donors (Lipinski definition) is 19. The molecule has 0 bridgehead atoms.